The molecule has 0 aromatic heterocycles. The molecule has 1 rings (SSSR count). The quantitative estimate of drug-likeness (QED) is 0.892. The lowest BCUT2D eigenvalue weighted by molar-refractivity contribution is -0.138. The third kappa shape index (κ3) is 3.34. The number of hydrogen-bond acceptors (Lipinski definition) is 2. The van der Waals surface area contributed by atoms with E-state index in [0.29, 0.717) is 5.56 Å². The summed E-state index contributed by atoms with van der Waals surface area (Å²) in [6.45, 7) is 3.28. The predicted molar refractivity (Wildman–Crippen MR) is 63.4 cm³/mol. The molecular weight excluding hydrogens is 274 g/mol. The molecule has 1 aromatic rings. The fourth-order valence-corrected chi connectivity index (χ4v) is 1.82. The van der Waals surface area contributed by atoms with Crippen molar-refractivity contribution in [3.8, 4) is 0 Å². The van der Waals surface area contributed by atoms with Crippen LogP contribution < -0.4 is 5.32 Å². The van der Waals surface area contributed by atoms with Gasteiger partial charge in [-0.3, -0.25) is 9.59 Å². The first kappa shape index (κ1) is 12.7. The molecule has 0 fully saturated rings. The average Bonchev–Trinajstić information content (AvgIpc) is 2.15. The molecule has 16 heavy (non-hydrogen) atoms. The molecule has 5 heteroatoms. The molecular formula is C11H12BrNO3. The maximum atomic E-state index is 11.7. The molecule has 0 aliphatic heterocycles. The van der Waals surface area contributed by atoms with E-state index in [0.717, 1.165) is 10.0 Å². The fraction of sp³-hybridized carbons (Fsp3) is 0.273. The number of aliphatic carboxylic acids is 1. The van der Waals surface area contributed by atoms with Crippen molar-refractivity contribution in [1.82, 2.24) is 5.32 Å². The van der Waals surface area contributed by atoms with E-state index in [4.69, 9.17) is 5.11 Å². The second kappa shape index (κ2) is 5.12. The Labute approximate surface area is 102 Å². The molecule has 0 unspecified atom stereocenters. The van der Waals surface area contributed by atoms with Crippen LogP contribution in [0.2, 0.25) is 0 Å². The Bertz CT molecular complexity index is 411. The Hall–Kier alpha value is -1.36. The van der Waals surface area contributed by atoms with Crippen molar-refractivity contribution in [2.24, 2.45) is 0 Å². The van der Waals surface area contributed by atoms with Crippen LogP contribution in [0.15, 0.2) is 22.7 Å². The predicted octanol–water partition coefficient (Wildman–Crippen LogP) is 1.96. The number of halogens is 1. The number of carboxylic acids is 1. The topological polar surface area (TPSA) is 66.4 Å². The van der Waals surface area contributed by atoms with Gasteiger partial charge in [-0.2, -0.15) is 0 Å². The van der Waals surface area contributed by atoms with E-state index in [-0.39, 0.29) is 5.91 Å². The number of rotatable bonds is 3. The number of carbonyl (C=O) groups excluding carboxylic acids is 1. The molecule has 2 N–H and O–H groups in total. The third-order valence-corrected chi connectivity index (χ3v) is 2.48. The van der Waals surface area contributed by atoms with E-state index >= 15 is 0 Å². The highest BCUT2D eigenvalue weighted by Gasteiger charge is 2.15. The summed E-state index contributed by atoms with van der Waals surface area (Å²) >= 11 is 3.28. The van der Waals surface area contributed by atoms with E-state index < -0.39 is 12.0 Å². The van der Waals surface area contributed by atoms with Crippen LogP contribution in [0.4, 0.5) is 0 Å². The maximum Gasteiger partial charge on any atom is 0.325 e. The van der Waals surface area contributed by atoms with Crippen molar-refractivity contribution in [3.63, 3.8) is 0 Å². The fourth-order valence-electron chi connectivity index (χ4n) is 1.21. The monoisotopic (exact) mass is 285 g/mol. The van der Waals surface area contributed by atoms with E-state index in [2.05, 4.69) is 21.2 Å². The van der Waals surface area contributed by atoms with E-state index in [9.17, 15) is 9.59 Å². The molecule has 0 aliphatic carbocycles. The number of aryl methyl sites for hydroxylation is 1. The van der Waals surface area contributed by atoms with Crippen molar-refractivity contribution in [3.05, 3.63) is 33.8 Å². The SMILES string of the molecule is Cc1cc(Br)cc(C(=O)N[C@@H](C)C(=O)O)c1. The summed E-state index contributed by atoms with van der Waals surface area (Å²) in [5, 5.41) is 11.1. The van der Waals surface area contributed by atoms with Gasteiger partial charge in [0.15, 0.2) is 0 Å². The van der Waals surface area contributed by atoms with Gasteiger partial charge in [0.1, 0.15) is 6.04 Å². The summed E-state index contributed by atoms with van der Waals surface area (Å²) in [6, 6.07) is 4.33. The first-order valence-electron chi connectivity index (χ1n) is 4.71. The minimum absolute atomic E-state index is 0.390. The molecule has 0 radical (unpaired) electrons. The zero-order chi connectivity index (χ0) is 12.3. The maximum absolute atomic E-state index is 11.7. The van der Waals surface area contributed by atoms with Crippen molar-refractivity contribution in [2.45, 2.75) is 19.9 Å². The Morgan fingerprint density at radius 3 is 2.50 bits per heavy atom. The number of benzene rings is 1. The Morgan fingerprint density at radius 2 is 2.00 bits per heavy atom. The van der Waals surface area contributed by atoms with Gasteiger partial charge in [0.05, 0.1) is 0 Å². The molecule has 0 saturated heterocycles. The number of amides is 1. The molecule has 1 aromatic carbocycles. The molecule has 86 valence electrons. The van der Waals surface area contributed by atoms with Gasteiger partial charge in [0, 0.05) is 10.0 Å². The minimum atomic E-state index is -1.06. The second-order valence-electron chi connectivity index (χ2n) is 3.55. The van der Waals surface area contributed by atoms with Crippen molar-refractivity contribution < 1.29 is 14.7 Å². The van der Waals surface area contributed by atoms with E-state index in [1.807, 2.05) is 13.0 Å². The highest BCUT2D eigenvalue weighted by molar-refractivity contribution is 9.10. The number of nitrogens with one attached hydrogen (secondary N) is 1. The van der Waals surface area contributed by atoms with Gasteiger partial charge in [-0.25, -0.2) is 0 Å². The van der Waals surface area contributed by atoms with Crippen molar-refractivity contribution >= 4 is 27.8 Å². The van der Waals surface area contributed by atoms with Gasteiger partial charge in [-0.15, -0.1) is 0 Å². The van der Waals surface area contributed by atoms with Crippen LogP contribution in [-0.4, -0.2) is 23.0 Å². The zero-order valence-corrected chi connectivity index (χ0v) is 10.5. The van der Waals surface area contributed by atoms with Gasteiger partial charge < -0.3 is 10.4 Å². The number of hydrogen-bond donors (Lipinski definition) is 2. The lowest BCUT2D eigenvalue weighted by Crippen LogP contribution is -2.38. The smallest absolute Gasteiger partial charge is 0.325 e. The standard InChI is InChI=1S/C11H12BrNO3/c1-6-3-8(5-9(12)4-6)10(14)13-7(2)11(15)16/h3-5,7H,1-2H3,(H,13,14)(H,15,16)/t7-/m0/s1. The highest BCUT2D eigenvalue weighted by atomic mass is 79.9. The summed E-state index contributed by atoms with van der Waals surface area (Å²) in [4.78, 5) is 22.2. The van der Waals surface area contributed by atoms with E-state index in [1.54, 1.807) is 12.1 Å². The van der Waals surface area contributed by atoms with Crippen LogP contribution in [0.1, 0.15) is 22.8 Å². The van der Waals surface area contributed by atoms with Crippen molar-refractivity contribution in [2.75, 3.05) is 0 Å². The number of carboxylic acid groups (broad SMARTS) is 1. The zero-order valence-electron chi connectivity index (χ0n) is 8.95. The van der Waals surface area contributed by atoms with Crippen LogP contribution in [0, 0.1) is 6.92 Å². The molecule has 1 amide bonds. The molecule has 0 aliphatic rings. The minimum Gasteiger partial charge on any atom is -0.480 e. The highest BCUT2D eigenvalue weighted by Crippen LogP contribution is 2.15. The Balaban J connectivity index is 2.84. The largest absolute Gasteiger partial charge is 0.480 e. The summed E-state index contributed by atoms with van der Waals surface area (Å²) in [5.74, 6) is -1.45. The third-order valence-electron chi connectivity index (χ3n) is 2.02. The molecule has 0 bridgehead atoms. The van der Waals surface area contributed by atoms with E-state index in [1.165, 1.54) is 6.92 Å². The van der Waals surface area contributed by atoms with Gasteiger partial charge in [0.25, 0.3) is 5.91 Å². The van der Waals surface area contributed by atoms with Crippen LogP contribution in [0.5, 0.6) is 0 Å². The van der Waals surface area contributed by atoms with Gasteiger partial charge in [-0.05, 0) is 37.6 Å². The van der Waals surface area contributed by atoms with Crippen LogP contribution in [-0.2, 0) is 4.79 Å². The number of carbonyl (C=O) groups is 2. The van der Waals surface area contributed by atoms with Crippen LogP contribution in [0.25, 0.3) is 0 Å². The second-order valence-corrected chi connectivity index (χ2v) is 4.47. The molecule has 0 saturated carbocycles. The first-order chi connectivity index (χ1) is 7.40. The summed E-state index contributed by atoms with van der Waals surface area (Å²) in [5.41, 5.74) is 1.38. The van der Waals surface area contributed by atoms with Crippen LogP contribution >= 0.6 is 15.9 Å². The molecule has 4 nitrogen and oxygen atoms in total. The van der Waals surface area contributed by atoms with Gasteiger partial charge in [0.2, 0.25) is 0 Å². The van der Waals surface area contributed by atoms with Gasteiger partial charge in [-0.1, -0.05) is 15.9 Å². The lowest BCUT2D eigenvalue weighted by atomic mass is 10.1. The summed E-state index contributed by atoms with van der Waals surface area (Å²) in [7, 11) is 0. The normalized spacial score (nSPS) is 11.9. The molecule has 1 atom stereocenters. The summed E-state index contributed by atoms with van der Waals surface area (Å²) < 4.78 is 0.792. The Kier molecular flexibility index (Phi) is 4.06. The molecule has 0 spiro atoms. The molecule has 0 heterocycles. The van der Waals surface area contributed by atoms with Crippen LogP contribution in [0.3, 0.4) is 0 Å². The lowest BCUT2D eigenvalue weighted by Gasteiger charge is -2.09. The average molecular weight is 286 g/mol. The Morgan fingerprint density at radius 1 is 1.38 bits per heavy atom. The first-order valence-corrected chi connectivity index (χ1v) is 5.50. The summed E-state index contributed by atoms with van der Waals surface area (Å²) in [6.07, 6.45) is 0. The van der Waals surface area contributed by atoms with Crippen molar-refractivity contribution in [1.29, 1.82) is 0 Å². The van der Waals surface area contributed by atoms with Gasteiger partial charge >= 0.3 is 5.97 Å².